The first-order valence-electron chi connectivity index (χ1n) is 9.35. The molecule has 3 heteroatoms. The molecule has 1 aromatic carbocycles. The Bertz CT molecular complexity index is 595. The van der Waals surface area contributed by atoms with E-state index < -0.39 is 0 Å². The fourth-order valence-electron chi connectivity index (χ4n) is 3.21. The number of nitrogens with zero attached hydrogens (tertiary/aromatic N) is 1. The van der Waals surface area contributed by atoms with E-state index in [2.05, 4.69) is 48.8 Å². The smallest absolute Gasteiger partial charge is 0.118 e. The van der Waals surface area contributed by atoms with Gasteiger partial charge in [0.15, 0.2) is 0 Å². The van der Waals surface area contributed by atoms with Gasteiger partial charge in [0.1, 0.15) is 5.75 Å². The second kappa shape index (κ2) is 10.1. The van der Waals surface area contributed by atoms with Gasteiger partial charge in [0.05, 0.1) is 7.11 Å². The number of benzene rings is 1. The first kappa shape index (κ1) is 19.3. The molecule has 1 aliphatic heterocycles. The number of likely N-dealkylation sites (tertiary alicyclic amines) is 1. The number of hydrogen-bond donors (Lipinski definition) is 1. The van der Waals surface area contributed by atoms with Gasteiger partial charge in [-0.3, -0.25) is 0 Å². The van der Waals surface area contributed by atoms with Crippen LogP contribution >= 0.6 is 0 Å². The van der Waals surface area contributed by atoms with Crippen LogP contribution in [0.4, 0.5) is 0 Å². The summed E-state index contributed by atoms with van der Waals surface area (Å²) in [5.41, 5.74) is 10.0. The molecule has 0 radical (unpaired) electrons. The van der Waals surface area contributed by atoms with Crippen molar-refractivity contribution in [3.8, 4) is 5.75 Å². The number of nitrogens with two attached hydrogens (primary N) is 1. The first-order chi connectivity index (χ1) is 12.2. The highest BCUT2D eigenvalue weighted by Gasteiger charge is 2.19. The lowest BCUT2D eigenvalue weighted by atomic mass is 9.95. The SMILES string of the molecule is C=C(/C(=C\C=C/CC)C(N)Cc1ccc(OC)cc1)N1CCCCC1. The predicted octanol–water partition coefficient (Wildman–Crippen LogP) is 4.46. The standard InChI is InChI=1S/C22H32N2O/c1-4-5-7-10-21(18(2)24-15-8-6-9-16-24)22(23)17-19-11-13-20(25-3)14-12-19/h5,7,10-14,22H,2,4,6,8-9,15-17,23H2,1,3H3/b7-5-,21-10+. The predicted molar refractivity (Wildman–Crippen MR) is 107 cm³/mol. The maximum absolute atomic E-state index is 6.59. The minimum absolute atomic E-state index is 0.0654. The first-order valence-corrected chi connectivity index (χ1v) is 9.35. The molecule has 0 spiro atoms. The van der Waals surface area contributed by atoms with Gasteiger partial charge in [-0.2, -0.15) is 0 Å². The second-order valence-electron chi connectivity index (χ2n) is 6.61. The van der Waals surface area contributed by atoms with E-state index in [9.17, 15) is 0 Å². The van der Waals surface area contributed by atoms with Gasteiger partial charge in [-0.25, -0.2) is 0 Å². The lowest BCUT2D eigenvalue weighted by Gasteiger charge is -2.33. The molecule has 1 unspecified atom stereocenters. The molecule has 1 saturated heterocycles. The highest BCUT2D eigenvalue weighted by atomic mass is 16.5. The molecule has 1 atom stereocenters. The van der Waals surface area contributed by atoms with E-state index in [1.54, 1.807) is 7.11 Å². The number of hydrogen-bond acceptors (Lipinski definition) is 3. The molecule has 25 heavy (non-hydrogen) atoms. The molecule has 1 aromatic rings. The van der Waals surface area contributed by atoms with Gasteiger partial charge in [0.2, 0.25) is 0 Å². The zero-order chi connectivity index (χ0) is 18.1. The van der Waals surface area contributed by atoms with Crippen LogP contribution in [-0.4, -0.2) is 31.1 Å². The molecule has 1 aliphatic rings. The van der Waals surface area contributed by atoms with Crippen LogP contribution in [0.25, 0.3) is 0 Å². The van der Waals surface area contributed by atoms with Crippen LogP contribution in [-0.2, 0) is 6.42 Å². The Hall–Kier alpha value is -2.00. The Morgan fingerprint density at radius 3 is 2.52 bits per heavy atom. The van der Waals surface area contributed by atoms with Gasteiger partial charge in [-0.15, -0.1) is 0 Å². The molecule has 3 nitrogen and oxygen atoms in total. The lowest BCUT2D eigenvalue weighted by molar-refractivity contribution is 0.288. The van der Waals surface area contributed by atoms with Gasteiger partial charge in [0, 0.05) is 24.8 Å². The van der Waals surface area contributed by atoms with Crippen molar-refractivity contribution in [1.29, 1.82) is 0 Å². The summed E-state index contributed by atoms with van der Waals surface area (Å²) in [7, 11) is 1.68. The summed E-state index contributed by atoms with van der Waals surface area (Å²) in [6.45, 7) is 8.68. The van der Waals surface area contributed by atoms with Crippen molar-refractivity contribution < 1.29 is 4.74 Å². The maximum Gasteiger partial charge on any atom is 0.118 e. The zero-order valence-corrected chi connectivity index (χ0v) is 15.7. The quantitative estimate of drug-likeness (QED) is 0.710. The van der Waals surface area contributed by atoms with Gasteiger partial charge < -0.3 is 15.4 Å². The number of ether oxygens (including phenoxy) is 1. The van der Waals surface area contributed by atoms with E-state index in [1.165, 1.54) is 24.8 Å². The van der Waals surface area contributed by atoms with Crippen LogP contribution in [0.15, 0.2) is 60.3 Å². The van der Waals surface area contributed by atoms with Gasteiger partial charge in [-0.1, -0.05) is 43.9 Å². The lowest BCUT2D eigenvalue weighted by Crippen LogP contribution is -2.35. The van der Waals surface area contributed by atoms with Crippen LogP contribution in [0.5, 0.6) is 5.75 Å². The fourth-order valence-corrected chi connectivity index (χ4v) is 3.21. The largest absolute Gasteiger partial charge is 0.497 e. The Balaban J connectivity index is 2.13. The van der Waals surface area contributed by atoms with Crippen molar-refractivity contribution in [2.75, 3.05) is 20.2 Å². The van der Waals surface area contributed by atoms with Crippen LogP contribution in [0.1, 0.15) is 38.2 Å². The third-order valence-corrected chi connectivity index (χ3v) is 4.73. The monoisotopic (exact) mass is 340 g/mol. The van der Waals surface area contributed by atoms with Crippen molar-refractivity contribution in [3.05, 3.63) is 65.9 Å². The molecule has 136 valence electrons. The number of allylic oxidation sites excluding steroid dienone is 3. The van der Waals surface area contributed by atoms with Crippen molar-refractivity contribution in [1.82, 2.24) is 4.90 Å². The summed E-state index contributed by atoms with van der Waals surface area (Å²) in [5, 5.41) is 0. The number of piperidine rings is 1. The average Bonchev–Trinajstić information content (AvgIpc) is 2.66. The highest BCUT2D eigenvalue weighted by molar-refractivity contribution is 5.37. The molecule has 0 bridgehead atoms. The average molecular weight is 341 g/mol. The summed E-state index contributed by atoms with van der Waals surface area (Å²) in [6.07, 6.45) is 12.0. The molecule has 0 saturated carbocycles. The van der Waals surface area contributed by atoms with E-state index in [4.69, 9.17) is 10.5 Å². The summed E-state index contributed by atoms with van der Waals surface area (Å²) < 4.78 is 5.23. The number of rotatable bonds is 8. The molecule has 1 heterocycles. The third-order valence-electron chi connectivity index (χ3n) is 4.73. The Kier molecular flexibility index (Phi) is 7.80. The van der Waals surface area contributed by atoms with Gasteiger partial charge >= 0.3 is 0 Å². The van der Waals surface area contributed by atoms with Gasteiger partial charge in [-0.05, 0) is 55.4 Å². The van der Waals surface area contributed by atoms with E-state index in [1.807, 2.05) is 12.1 Å². The Morgan fingerprint density at radius 1 is 1.24 bits per heavy atom. The third kappa shape index (κ3) is 5.79. The second-order valence-corrected chi connectivity index (χ2v) is 6.61. The van der Waals surface area contributed by atoms with Crippen LogP contribution in [0.2, 0.25) is 0 Å². The zero-order valence-electron chi connectivity index (χ0n) is 15.7. The molecule has 0 amide bonds. The van der Waals surface area contributed by atoms with E-state index in [0.717, 1.165) is 43.0 Å². The minimum atomic E-state index is -0.0654. The van der Waals surface area contributed by atoms with Crippen LogP contribution in [0.3, 0.4) is 0 Å². The van der Waals surface area contributed by atoms with Crippen molar-refractivity contribution >= 4 is 0 Å². The molecule has 2 N–H and O–H groups in total. The van der Waals surface area contributed by atoms with Crippen LogP contribution in [0, 0.1) is 0 Å². The minimum Gasteiger partial charge on any atom is -0.497 e. The van der Waals surface area contributed by atoms with E-state index >= 15 is 0 Å². The van der Waals surface area contributed by atoms with Crippen molar-refractivity contribution in [2.24, 2.45) is 5.73 Å². The molecular formula is C22H32N2O. The molecule has 0 aliphatic carbocycles. The number of methoxy groups -OCH3 is 1. The summed E-state index contributed by atoms with van der Waals surface area (Å²) in [6, 6.07) is 8.08. The molecule has 2 rings (SSSR count). The Labute approximate surface area is 152 Å². The Morgan fingerprint density at radius 2 is 1.92 bits per heavy atom. The highest BCUT2D eigenvalue weighted by Crippen LogP contribution is 2.23. The summed E-state index contributed by atoms with van der Waals surface area (Å²) in [4.78, 5) is 2.39. The fraction of sp³-hybridized carbons (Fsp3) is 0.455. The maximum atomic E-state index is 6.59. The topological polar surface area (TPSA) is 38.5 Å². The normalized spacial score (nSPS) is 16.9. The van der Waals surface area contributed by atoms with E-state index in [-0.39, 0.29) is 6.04 Å². The molecule has 0 aromatic heterocycles. The summed E-state index contributed by atoms with van der Waals surface area (Å²) in [5.74, 6) is 0.872. The van der Waals surface area contributed by atoms with E-state index in [0.29, 0.717) is 0 Å². The van der Waals surface area contributed by atoms with Gasteiger partial charge in [0.25, 0.3) is 0 Å². The molecular weight excluding hydrogens is 308 g/mol. The summed E-state index contributed by atoms with van der Waals surface area (Å²) >= 11 is 0. The molecule has 1 fully saturated rings. The van der Waals surface area contributed by atoms with Crippen LogP contribution < -0.4 is 10.5 Å². The van der Waals surface area contributed by atoms with Crippen molar-refractivity contribution in [3.63, 3.8) is 0 Å². The van der Waals surface area contributed by atoms with Crippen molar-refractivity contribution in [2.45, 2.75) is 45.1 Å².